The van der Waals surface area contributed by atoms with E-state index in [4.69, 9.17) is 9.52 Å². The van der Waals surface area contributed by atoms with Crippen LogP contribution >= 0.6 is 0 Å². The number of aliphatic hydroxyl groups is 1. The minimum atomic E-state index is -0.00694. The van der Waals surface area contributed by atoms with Crippen LogP contribution in [0.2, 0.25) is 0 Å². The Morgan fingerprint density at radius 2 is 1.56 bits per heavy atom. The first kappa shape index (κ1) is 17.6. The van der Waals surface area contributed by atoms with Crippen LogP contribution in [0.15, 0.2) is 22.8 Å². The maximum absolute atomic E-state index is 8.33. The molecule has 0 aromatic carbocycles. The van der Waals surface area contributed by atoms with Gasteiger partial charge in [-0.2, -0.15) is 0 Å². The van der Waals surface area contributed by atoms with E-state index in [1.54, 1.807) is 12.1 Å². The van der Waals surface area contributed by atoms with Gasteiger partial charge in [0.25, 0.3) is 0 Å². The van der Waals surface area contributed by atoms with E-state index in [9.17, 15) is 0 Å². The molecule has 0 aliphatic rings. The molecular formula is C14H28O2. The molecule has 1 aromatic rings. The molecule has 0 radical (unpaired) electrons. The molecule has 96 valence electrons. The predicted molar refractivity (Wildman–Crippen MR) is 70.4 cm³/mol. The van der Waals surface area contributed by atoms with Crippen molar-refractivity contribution in [1.82, 2.24) is 0 Å². The van der Waals surface area contributed by atoms with Crippen LogP contribution in [0, 0.1) is 0 Å². The molecule has 0 aliphatic heterocycles. The average Bonchev–Trinajstić information content (AvgIpc) is 2.81. The summed E-state index contributed by atoms with van der Waals surface area (Å²) >= 11 is 0. The Labute approximate surface area is 101 Å². The topological polar surface area (TPSA) is 33.4 Å². The Morgan fingerprint density at radius 1 is 1.06 bits per heavy atom. The van der Waals surface area contributed by atoms with Crippen LogP contribution in [0.4, 0.5) is 0 Å². The van der Waals surface area contributed by atoms with Crippen LogP contribution in [0.1, 0.15) is 65.6 Å². The molecular weight excluding hydrogens is 200 g/mol. The Morgan fingerprint density at radius 3 is 1.75 bits per heavy atom. The molecule has 0 saturated heterocycles. The third-order valence-corrected chi connectivity index (χ3v) is 1.69. The van der Waals surface area contributed by atoms with Crippen molar-refractivity contribution < 1.29 is 9.52 Å². The van der Waals surface area contributed by atoms with Gasteiger partial charge in [0.1, 0.15) is 12.4 Å². The van der Waals surface area contributed by atoms with Crippen LogP contribution in [0.25, 0.3) is 0 Å². The highest BCUT2D eigenvalue weighted by molar-refractivity contribution is 4.95. The average molecular weight is 228 g/mol. The lowest BCUT2D eigenvalue weighted by atomic mass is 10.2. The highest BCUT2D eigenvalue weighted by Crippen LogP contribution is 1.96. The van der Waals surface area contributed by atoms with Gasteiger partial charge in [-0.25, -0.2) is 0 Å². The summed E-state index contributed by atoms with van der Waals surface area (Å²) in [6.07, 6.45) is 8.32. The third kappa shape index (κ3) is 15.7. The number of furan rings is 1. The molecule has 16 heavy (non-hydrogen) atoms. The van der Waals surface area contributed by atoms with Crippen molar-refractivity contribution in [3.05, 3.63) is 24.2 Å². The van der Waals surface area contributed by atoms with Gasteiger partial charge < -0.3 is 9.52 Å². The van der Waals surface area contributed by atoms with E-state index in [1.807, 2.05) is 0 Å². The molecule has 1 N–H and O–H groups in total. The summed E-state index contributed by atoms with van der Waals surface area (Å²) in [4.78, 5) is 0. The number of rotatable bonds is 4. The van der Waals surface area contributed by atoms with E-state index in [1.165, 1.54) is 38.4 Å². The first-order valence-electron chi connectivity index (χ1n) is 6.39. The van der Waals surface area contributed by atoms with Gasteiger partial charge in [-0.05, 0) is 12.1 Å². The molecule has 1 rings (SSSR count). The smallest absolute Gasteiger partial charge is 0.129 e. The minimum Gasteiger partial charge on any atom is -0.467 e. The maximum atomic E-state index is 8.33. The van der Waals surface area contributed by atoms with Crippen LogP contribution in [0.5, 0.6) is 0 Å². The van der Waals surface area contributed by atoms with E-state index >= 15 is 0 Å². The number of unbranched alkanes of at least 4 members (excludes halogenated alkanes) is 3. The third-order valence-electron chi connectivity index (χ3n) is 1.69. The van der Waals surface area contributed by atoms with E-state index in [0.717, 1.165) is 0 Å². The zero-order valence-electron chi connectivity index (χ0n) is 11.3. The fourth-order valence-electron chi connectivity index (χ4n) is 0.903. The SMILES string of the molecule is CCC.CCCCCC.OCc1ccco1. The van der Waals surface area contributed by atoms with Crippen molar-refractivity contribution in [3.63, 3.8) is 0 Å². The molecule has 0 aliphatic carbocycles. The summed E-state index contributed by atoms with van der Waals surface area (Å²) in [5, 5.41) is 8.33. The lowest BCUT2D eigenvalue weighted by molar-refractivity contribution is 0.247. The Balaban J connectivity index is 0. The number of hydrogen-bond donors (Lipinski definition) is 1. The van der Waals surface area contributed by atoms with Crippen molar-refractivity contribution in [2.24, 2.45) is 0 Å². The molecule has 2 heteroatoms. The molecule has 0 atom stereocenters. The Hall–Kier alpha value is -0.760. The largest absolute Gasteiger partial charge is 0.467 e. The fourth-order valence-corrected chi connectivity index (χ4v) is 0.903. The van der Waals surface area contributed by atoms with Crippen molar-refractivity contribution in [2.75, 3.05) is 0 Å². The van der Waals surface area contributed by atoms with Gasteiger partial charge >= 0.3 is 0 Å². The Bertz CT molecular complexity index is 177. The van der Waals surface area contributed by atoms with Gasteiger partial charge in [-0.1, -0.05) is 59.8 Å². The molecule has 0 fully saturated rings. The van der Waals surface area contributed by atoms with Crippen molar-refractivity contribution >= 4 is 0 Å². The van der Waals surface area contributed by atoms with E-state index in [-0.39, 0.29) is 6.61 Å². The quantitative estimate of drug-likeness (QED) is 0.753. The minimum absolute atomic E-state index is 0.00694. The van der Waals surface area contributed by atoms with E-state index in [2.05, 4.69) is 27.7 Å². The molecule has 0 unspecified atom stereocenters. The van der Waals surface area contributed by atoms with Crippen molar-refractivity contribution in [3.8, 4) is 0 Å². The van der Waals surface area contributed by atoms with Gasteiger partial charge in [0.2, 0.25) is 0 Å². The van der Waals surface area contributed by atoms with Crippen LogP contribution in [-0.2, 0) is 6.61 Å². The summed E-state index contributed by atoms with van der Waals surface area (Å²) in [5.74, 6) is 0.611. The fraction of sp³-hybridized carbons (Fsp3) is 0.714. The summed E-state index contributed by atoms with van der Waals surface area (Å²) in [7, 11) is 0. The first-order chi connectivity index (χ1) is 7.76. The molecule has 0 spiro atoms. The summed E-state index contributed by atoms with van der Waals surface area (Å²) < 4.78 is 4.73. The lowest BCUT2D eigenvalue weighted by Crippen LogP contribution is -1.72. The van der Waals surface area contributed by atoms with Gasteiger partial charge in [-0.3, -0.25) is 0 Å². The zero-order valence-corrected chi connectivity index (χ0v) is 11.3. The molecule has 0 amide bonds. The van der Waals surface area contributed by atoms with Crippen molar-refractivity contribution in [2.45, 2.75) is 66.4 Å². The lowest BCUT2D eigenvalue weighted by Gasteiger charge is -1.86. The second-order valence-corrected chi connectivity index (χ2v) is 3.65. The van der Waals surface area contributed by atoms with Crippen molar-refractivity contribution in [1.29, 1.82) is 0 Å². The normalized spacial score (nSPS) is 8.56. The second kappa shape index (κ2) is 16.7. The predicted octanol–water partition coefficient (Wildman–Crippen LogP) is 4.77. The van der Waals surface area contributed by atoms with E-state index in [0.29, 0.717) is 5.76 Å². The highest BCUT2D eigenvalue weighted by Gasteiger charge is 1.85. The van der Waals surface area contributed by atoms with Gasteiger partial charge in [0, 0.05) is 0 Å². The summed E-state index contributed by atoms with van der Waals surface area (Å²) in [6.45, 7) is 8.71. The first-order valence-corrected chi connectivity index (χ1v) is 6.39. The van der Waals surface area contributed by atoms with Gasteiger partial charge in [0.15, 0.2) is 0 Å². The molecule has 0 bridgehead atoms. The molecule has 2 nitrogen and oxygen atoms in total. The van der Waals surface area contributed by atoms with Gasteiger partial charge in [0.05, 0.1) is 6.26 Å². The zero-order chi connectivity index (χ0) is 12.6. The monoisotopic (exact) mass is 228 g/mol. The van der Waals surface area contributed by atoms with E-state index < -0.39 is 0 Å². The van der Waals surface area contributed by atoms with Gasteiger partial charge in [-0.15, -0.1) is 0 Å². The van der Waals surface area contributed by atoms with Crippen LogP contribution in [0.3, 0.4) is 0 Å². The molecule has 1 aromatic heterocycles. The summed E-state index contributed by atoms with van der Waals surface area (Å²) in [6, 6.07) is 3.46. The second-order valence-electron chi connectivity index (χ2n) is 3.65. The maximum Gasteiger partial charge on any atom is 0.129 e. The number of aliphatic hydroxyl groups excluding tert-OH is 1. The summed E-state index contributed by atoms with van der Waals surface area (Å²) in [5.41, 5.74) is 0. The van der Waals surface area contributed by atoms with Crippen LogP contribution in [-0.4, -0.2) is 5.11 Å². The highest BCUT2D eigenvalue weighted by atomic mass is 16.4. The molecule has 0 saturated carbocycles. The number of hydrogen-bond acceptors (Lipinski definition) is 2. The standard InChI is InChI=1S/C6H14.C5H6O2.C3H8/c1-3-5-6-4-2;6-4-5-2-1-3-7-5;1-3-2/h3-6H2,1-2H3;1-3,6H,4H2;3H2,1-2H3. The molecule has 1 heterocycles. The Kier molecular flexibility index (Phi) is 18.4. The van der Waals surface area contributed by atoms with Crippen LogP contribution < -0.4 is 0 Å².